The van der Waals surface area contributed by atoms with E-state index in [1.807, 2.05) is 6.07 Å². The molecule has 0 aliphatic rings. The Morgan fingerprint density at radius 2 is 2.00 bits per heavy atom. The predicted molar refractivity (Wildman–Crippen MR) is 119 cm³/mol. The van der Waals surface area contributed by atoms with E-state index in [2.05, 4.69) is 20.4 Å². The molecule has 0 fully saturated rings. The zero-order valence-corrected chi connectivity index (χ0v) is 18.8. The molecule has 1 N–H and O–H groups in total. The maximum Gasteiger partial charge on any atom is 0.416 e. The molecular formula is C22H18F3N5O3S. The zero-order chi connectivity index (χ0) is 24.3. The van der Waals surface area contributed by atoms with Crippen LogP contribution in [0.2, 0.25) is 0 Å². The summed E-state index contributed by atoms with van der Waals surface area (Å²) in [6, 6.07) is 8.37. The number of para-hydroxylation sites is 1. The first-order chi connectivity index (χ1) is 16.3. The highest BCUT2D eigenvalue weighted by Gasteiger charge is 2.31. The minimum absolute atomic E-state index is 0.0461. The Morgan fingerprint density at radius 3 is 2.68 bits per heavy atom. The van der Waals surface area contributed by atoms with E-state index in [1.54, 1.807) is 17.5 Å². The van der Waals surface area contributed by atoms with Crippen LogP contribution in [0.3, 0.4) is 0 Å². The van der Waals surface area contributed by atoms with Gasteiger partial charge in [-0.2, -0.15) is 18.3 Å². The number of ether oxygens (including phenoxy) is 2. The number of aromatic nitrogens is 4. The summed E-state index contributed by atoms with van der Waals surface area (Å²) < 4.78 is 51.7. The lowest BCUT2D eigenvalue weighted by Crippen LogP contribution is -2.17. The standard InChI is InChI=1S/C22H18F3N5O3S/c1-32-18-5-3-4-15(20(18)33-2)21-28-14(10-34-21)9-19(31)29-16-8-13(22(23,24)25)6-7-17(16)30-12-26-11-27-30/h3-8,10-12H,9H2,1-2H3,(H,29,31). The molecule has 0 aliphatic heterocycles. The van der Waals surface area contributed by atoms with Crippen LogP contribution in [0.15, 0.2) is 54.4 Å². The molecule has 2 aromatic carbocycles. The number of hydrogen-bond acceptors (Lipinski definition) is 7. The molecule has 0 bridgehead atoms. The van der Waals surface area contributed by atoms with Gasteiger partial charge in [-0.25, -0.2) is 14.6 Å². The summed E-state index contributed by atoms with van der Waals surface area (Å²) in [5.74, 6) is 0.520. The summed E-state index contributed by atoms with van der Waals surface area (Å²) >= 11 is 1.31. The molecule has 0 unspecified atom stereocenters. The van der Waals surface area contributed by atoms with Gasteiger partial charge in [-0.15, -0.1) is 11.3 Å². The van der Waals surface area contributed by atoms with Crippen molar-refractivity contribution in [2.45, 2.75) is 12.6 Å². The Morgan fingerprint density at radius 1 is 1.18 bits per heavy atom. The minimum atomic E-state index is -4.57. The lowest BCUT2D eigenvalue weighted by atomic mass is 10.1. The van der Waals surface area contributed by atoms with Gasteiger partial charge >= 0.3 is 6.18 Å². The SMILES string of the molecule is COc1cccc(-c2nc(CC(=O)Nc3cc(C(F)(F)F)ccc3-n3cncn3)cs2)c1OC. The fourth-order valence-corrected chi connectivity index (χ4v) is 4.11. The number of benzene rings is 2. The second-order valence-electron chi connectivity index (χ2n) is 6.98. The number of anilines is 1. The normalized spacial score (nSPS) is 11.3. The lowest BCUT2D eigenvalue weighted by molar-refractivity contribution is -0.137. The quantitative estimate of drug-likeness (QED) is 0.408. The van der Waals surface area contributed by atoms with Gasteiger partial charge in [-0.05, 0) is 30.3 Å². The maximum atomic E-state index is 13.2. The highest BCUT2D eigenvalue weighted by molar-refractivity contribution is 7.13. The van der Waals surface area contributed by atoms with Crippen molar-refractivity contribution in [3.63, 3.8) is 0 Å². The Balaban J connectivity index is 1.57. The molecule has 1 amide bonds. The molecule has 0 saturated carbocycles. The third-order valence-corrected chi connectivity index (χ3v) is 5.71. The molecule has 4 rings (SSSR count). The van der Waals surface area contributed by atoms with E-state index < -0.39 is 17.6 Å². The van der Waals surface area contributed by atoms with E-state index >= 15 is 0 Å². The first kappa shape index (κ1) is 23.2. The smallest absolute Gasteiger partial charge is 0.416 e. The van der Waals surface area contributed by atoms with Crippen molar-refractivity contribution in [1.82, 2.24) is 19.7 Å². The third-order valence-electron chi connectivity index (χ3n) is 4.79. The Hall–Kier alpha value is -3.93. The number of nitrogens with one attached hydrogen (secondary N) is 1. The van der Waals surface area contributed by atoms with Crippen LogP contribution < -0.4 is 14.8 Å². The van der Waals surface area contributed by atoms with Crippen LogP contribution in [0.4, 0.5) is 18.9 Å². The van der Waals surface area contributed by atoms with Crippen LogP contribution >= 0.6 is 11.3 Å². The van der Waals surface area contributed by atoms with E-state index in [9.17, 15) is 18.0 Å². The number of halogens is 3. The van der Waals surface area contributed by atoms with Crippen molar-refractivity contribution in [1.29, 1.82) is 0 Å². The molecule has 0 atom stereocenters. The molecule has 2 aromatic heterocycles. The van der Waals surface area contributed by atoms with E-state index in [4.69, 9.17) is 9.47 Å². The van der Waals surface area contributed by atoms with Crippen molar-refractivity contribution in [2.24, 2.45) is 0 Å². The van der Waals surface area contributed by atoms with Crippen molar-refractivity contribution in [3.8, 4) is 27.8 Å². The summed E-state index contributed by atoms with van der Waals surface area (Å²) in [7, 11) is 3.05. The van der Waals surface area contributed by atoms with Gasteiger partial charge in [-0.3, -0.25) is 4.79 Å². The predicted octanol–water partition coefficient (Wildman–Crippen LogP) is 4.61. The minimum Gasteiger partial charge on any atom is -0.493 e. The molecule has 0 radical (unpaired) electrons. The van der Waals surface area contributed by atoms with E-state index in [1.165, 1.54) is 49.0 Å². The van der Waals surface area contributed by atoms with Crippen LogP contribution in [0, 0.1) is 0 Å². The summed E-state index contributed by atoms with van der Waals surface area (Å²) in [6.45, 7) is 0. The topological polar surface area (TPSA) is 91.2 Å². The summed E-state index contributed by atoms with van der Waals surface area (Å²) in [5.41, 5.74) is 0.461. The molecule has 8 nitrogen and oxygen atoms in total. The number of alkyl halides is 3. The van der Waals surface area contributed by atoms with Crippen molar-refractivity contribution < 1.29 is 27.4 Å². The second-order valence-corrected chi connectivity index (χ2v) is 7.84. The number of rotatable bonds is 7. The first-order valence-electron chi connectivity index (χ1n) is 9.82. The summed E-state index contributed by atoms with van der Waals surface area (Å²) in [6.07, 6.45) is -2.14. The number of nitrogens with zero attached hydrogens (tertiary/aromatic N) is 4. The highest BCUT2D eigenvalue weighted by atomic mass is 32.1. The lowest BCUT2D eigenvalue weighted by Gasteiger charge is -2.14. The fourth-order valence-electron chi connectivity index (χ4n) is 3.27. The number of amides is 1. The van der Waals surface area contributed by atoms with Crippen LogP contribution in [0.25, 0.3) is 16.3 Å². The summed E-state index contributed by atoms with van der Waals surface area (Å²) in [4.78, 5) is 21.0. The van der Waals surface area contributed by atoms with Crippen LogP contribution in [-0.4, -0.2) is 39.9 Å². The largest absolute Gasteiger partial charge is 0.493 e. The van der Waals surface area contributed by atoms with Crippen molar-refractivity contribution in [2.75, 3.05) is 19.5 Å². The molecule has 0 spiro atoms. The molecule has 176 valence electrons. The van der Waals surface area contributed by atoms with Gasteiger partial charge in [0.05, 0.1) is 48.8 Å². The number of methoxy groups -OCH3 is 2. The van der Waals surface area contributed by atoms with Gasteiger partial charge < -0.3 is 14.8 Å². The average molecular weight is 489 g/mol. The number of carbonyl (C=O) groups excluding carboxylic acids is 1. The van der Waals surface area contributed by atoms with Gasteiger partial charge in [0.2, 0.25) is 5.91 Å². The molecule has 34 heavy (non-hydrogen) atoms. The van der Waals surface area contributed by atoms with E-state index in [0.29, 0.717) is 27.8 Å². The Bertz CT molecular complexity index is 1310. The average Bonchev–Trinajstić information content (AvgIpc) is 3.50. The molecule has 0 saturated heterocycles. The number of thiazole rings is 1. The van der Waals surface area contributed by atoms with Crippen molar-refractivity contribution >= 4 is 22.9 Å². The van der Waals surface area contributed by atoms with E-state index in [0.717, 1.165) is 12.1 Å². The van der Waals surface area contributed by atoms with Crippen LogP contribution in [-0.2, 0) is 17.4 Å². The maximum absolute atomic E-state index is 13.2. The van der Waals surface area contributed by atoms with Gasteiger partial charge in [0.25, 0.3) is 0 Å². The Labute approximate surface area is 196 Å². The molecular weight excluding hydrogens is 471 g/mol. The number of carbonyl (C=O) groups is 1. The monoisotopic (exact) mass is 489 g/mol. The third kappa shape index (κ3) is 4.86. The van der Waals surface area contributed by atoms with Gasteiger partial charge in [0.1, 0.15) is 17.7 Å². The van der Waals surface area contributed by atoms with Gasteiger partial charge in [-0.1, -0.05) is 6.07 Å². The molecule has 4 aromatic rings. The fraction of sp³-hybridized carbons (Fsp3) is 0.182. The number of hydrogen-bond donors (Lipinski definition) is 1. The van der Waals surface area contributed by atoms with E-state index in [-0.39, 0.29) is 17.8 Å². The Kier molecular flexibility index (Phi) is 6.50. The zero-order valence-electron chi connectivity index (χ0n) is 18.0. The molecule has 0 aliphatic carbocycles. The van der Waals surface area contributed by atoms with Crippen LogP contribution in [0.5, 0.6) is 11.5 Å². The van der Waals surface area contributed by atoms with Gasteiger partial charge in [0.15, 0.2) is 11.5 Å². The van der Waals surface area contributed by atoms with Crippen molar-refractivity contribution in [3.05, 3.63) is 65.7 Å². The first-order valence-corrected chi connectivity index (χ1v) is 10.7. The molecule has 12 heteroatoms. The van der Waals surface area contributed by atoms with Crippen LogP contribution in [0.1, 0.15) is 11.3 Å². The molecule has 2 heterocycles. The van der Waals surface area contributed by atoms with Gasteiger partial charge in [0, 0.05) is 5.38 Å². The summed E-state index contributed by atoms with van der Waals surface area (Å²) in [5, 5.41) is 8.80. The second kappa shape index (κ2) is 9.51. The highest BCUT2D eigenvalue weighted by Crippen LogP contribution is 2.39.